The molecule has 0 aromatic carbocycles. The van der Waals surface area contributed by atoms with Crippen LogP contribution >= 0.6 is 22.5 Å². The quantitative estimate of drug-likeness (QED) is 0.418. The average Bonchev–Trinajstić information content (AvgIpc) is 1.99. The first kappa shape index (κ1) is 9.67. The van der Waals surface area contributed by atoms with Crippen LogP contribution in [0.25, 0.3) is 0 Å². The van der Waals surface area contributed by atoms with E-state index in [-0.39, 0.29) is 17.6 Å². The number of hydrogen-bond donors (Lipinski definition) is 3. The van der Waals surface area contributed by atoms with Crippen LogP contribution in [0.1, 0.15) is 13.3 Å². The average molecular weight is 195 g/mol. The van der Waals surface area contributed by atoms with Gasteiger partial charge in [0.2, 0.25) is 0 Å². The molecule has 0 spiro atoms. The van der Waals surface area contributed by atoms with Gasteiger partial charge in [-0.1, -0.05) is 10.8 Å². The summed E-state index contributed by atoms with van der Waals surface area (Å²) >= 11 is 4.03. The summed E-state index contributed by atoms with van der Waals surface area (Å²) in [5.74, 6) is 0. The number of nitrogens with two attached hydrogens (primary N) is 1. The monoisotopic (exact) mass is 195 g/mol. The summed E-state index contributed by atoms with van der Waals surface area (Å²) in [7, 11) is 1.34. The predicted molar refractivity (Wildman–Crippen MR) is 49.5 cm³/mol. The molecule has 0 bridgehead atoms. The smallest absolute Gasteiger partial charge is 0.115 e. The van der Waals surface area contributed by atoms with Gasteiger partial charge >= 0.3 is 0 Å². The van der Waals surface area contributed by atoms with Crippen molar-refractivity contribution >= 4 is 22.5 Å². The van der Waals surface area contributed by atoms with Gasteiger partial charge in [0.05, 0.1) is 12.2 Å². The topological polar surface area (TPSA) is 55.5 Å². The molecule has 5 heteroatoms. The van der Waals surface area contributed by atoms with Gasteiger partial charge in [0.1, 0.15) is 5.44 Å². The van der Waals surface area contributed by atoms with Crippen molar-refractivity contribution in [2.75, 3.05) is 0 Å². The lowest BCUT2D eigenvalue weighted by Crippen LogP contribution is -2.50. The van der Waals surface area contributed by atoms with Crippen molar-refractivity contribution in [3.63, 3.8) is 0 Å². The molecule has 0 aliphatic carbocycles. The maximum Gasteiger partial charge on any atom is 0.115 e. The minimum atomic E-state index is -0.535. The lowest BCUT2D eigenvalue weighted by Gasteiger charge is -2.34. The molecule has 66 valence electrons. The van der Waals surface area contributed by atoms with E-state index >= 15 is 0 Å². The Balaban J connectivity index is 2.47. The Bertz CT molecular complexity index is 124. The highest BCUT2D eigenvalue weighted by Crippen LogP contribution is 2.28. The first-order valence-electron chi connectivity index (χ1n) is 3.54. The van der Waals surface area contributed by atoms with E-state index in [1.165, 1.54) is 10.8 Å². The fourth-order valence-corrected chi connectivity index (χ4v) is 2.09. The molecular weight excluding hydrogens is 182 g/mol. The van der Waals surface area contributed by atoms with Gasteiger partial charge in [0.25, 0.3) is 0 Å². The summed E-state index contributed by atoms with van der Waals surface area (Å²) in [6.45, 7) is 1.82. The van der Waals surface area contributed by atoms with Crippen LogP contribution in [-0.2, 0) is 4.74 Å². The largest absolute Gasteiger partial charge is 0.389 e. The fourth-order valence-electron chi connectivity index (χ4n) is 1.15. The Morgan fingerprint density at radius 1 is 1.73 bits per heavy atom. The second-order valence-electron chi connectivity index (χ2n) is 2.77. The van der Waals surface area contributed by atoms with Crippen molar-refractivity contribution in [2.45, 2.75) is 37.0 Å². The van der Waals surface area contributed by atoms with Crippen LogP contribution in [0.2, 0.25) is 0 Å². The van der Waals surface area contributed by atoms with E-state index in [9.17, 15) is 5.11 Å². The zero-order valence-corrected chi connectivity index (χ0v) is 8.02. The summed E-state index contributed by atoms with van der Waals surface area (Å²) in [5, 5.41) is 9.38. The number of aliphatic hydroxyl groups is 1. The van der Waals surface area contributed by atoms with E-state index in [4.69, 9.17) is 10.5 Å². The summed E-state index contributed by atoms with van der Waals surface area (Å²) in [6.07, 6.45) is -0.0465. The molecule has 4 atom stereocenters. The van der Waals surface area contributed by atoms with Gasteiger partial charge in [-0.25, -0.2) is 0 Å². The standard InChI is InChI=1S/C6H13NO2S2/c1-3-6(8)4(7)2-5(9-3)11-10/h3-6,8,10H,2,7H2,1H3/t3-,4-,5-,6+/m0/s1. The van der Waals surface area contributed by atoms with Crippen LogP contribution < -0.4 is 5.73 Å². The molecule has 3 nitrogen and oxygen atoms in total. The van der Waals surface area contributed by atoms with E-state index < -0.39 is 6.10 Å². The molecule has 1 heterocycles. The highest BCUT2D eigenvalue weighted by atomic mass is 33.1. The van der Waals surface area contributed by atoms with Crippen LogP contribution in [0, 0.1) is 0 Å². The van der Waals surface area contributed by atoms with Gasteiger partial charge < -0.3 is 15.6 Å². The lowest BCUT2D eigenvalue weighted by molar-refractivity contribution is -0.0863. The molecule has 1 saturated heterocycles. The molecule has 0 unspecified atom stereocenters. The number of ether oxygens (including phenoxy) is 1. The van der Waals surface area contributed by atoms with Crippen molar-refractivity contribution in [2.24, 2.45) is 5.73 Å². The molecule has 0 radical (unpaired) electrons. The molecular formula is C6H13NO2S2. The minimum absolute atomic E-state index is 0.0201. The molecule has 1 rings (SSSR count). The van der Waals surface area contributed by atoms with Crippen LogP contribution in [0.4, 0.5) is 0 Å². The molecule has 0 saturated carbocycles. The molecule has 1 aliphatic heterocycles. The van der Waals surface area contributed by atoms with Crippen LogP contribution in [-0.4, -0.2) is 28.8 Å². The van der Waals surface area contributed by atoms with Crippen molar-refractivity contribution in [1.82, 2.24) is 0 Å². The second kappa shape index (κ2) is 4.00. The van der Waals surface area contributed by atoms with E-state index in [2.05, 4.69) is 11.7 Å². The van der Waals surface area contributed by atoms with Crippen molar-refractivity contribution in [1.29, 1.82) is 0 Å². The molecule has 3 N–H and O–H groups in total. The first-order valence-corrected chi connectivity index (χ1v) is 5.47. The second-order valence-corrected chi connectivity index (χ2v) is 4.14. The van der Waals surface area contributed by atoms with Crippen molar-refractivity contribution in [3.8, 4) is 0 Å². The summed E-state index contributed by atoms with van der Waals surface area (Å²) in [6, 6.07) is -0.177. The van der Waals surface area contributed by atoms with Crippen LogP contribution in [0.3, 0.4) is 0 Å². The zero-order chi connectivity index (χ0) is 8.43. The molecule has 1 aliphatic rings. The third kappa shape index (κ3) is 2.26. The van der Waals surface area contributed by atoms with Crippen LogP contribution in [0.15, 0.2) is 0 Å². The Morgan fingerprint density at radius 3 is 2.82 bits per heavy atom. The zero-order valence-electron chi connectivity index (χ0n) is 6.30. The van der Waals surface area contributed by atoms with Gasteiger partial charge in [0, 0.05) is 12.5 Å². The summed E-state index contributed by atoms with van der Waals surface area (Å²) in [4.78, 5) is 0. The van der Waals surface area contributed by atoms with Gasteiger partial charge in [-0.3, -0.25) is 0 Å². The Kier molecular flexibility index (Phi) is 3.52. The van der Waals surface area contributed by atoms with E-state index in [1.54, 1.807) is 0 Å². The molecule has 0 aromatic rings. The summed E-state index contributed by atoms with van der Waals surface area (Å²) < 4.78 is 5.37. The van der Waals surface area contributed by atoms with Crippen molar-refractivity contribution < 1.29 is 9.84 Å². The maximum atomic E-state index is 9.38. The first-order chi connectivity index (χ1) is 5.15. The SMILES string of the molecule is C[C@@H]1O[C@@H](SS)C[C@H](N)[C@@H]1O. The number of rotatable bonds is 1. The Morgan fingerprint density at radius 2 is 2.36 bits per heavy atom. The van der Waals surface area contributed by atoms with E-state index in [1.807, 2.05) is 6.92 Å². The number of aliphatic hydroxyl groups excluding tert-OH is 1. The normalized spacial score (nSPS) is 45.8. The number of thiol groups is 1. The molecule has 1 fully saturated rings. The Labute approximate surface area is 75.5 Å². The van der Waals surface area contributed by atoms with E-state index in [0.29, 0.717) is 6.42 Å². The third-order valence-electron chi connectivity index (χ3n) is 1.87. The van der Waals surface area contributed by atoms with Crippen molar-refractivity contribution in [3.05, 3.63) is 0 Å². The third-order valence-corrected chi connectivity index (χ3v) is 3.11. The fraction of sp³-hybridized carbons (Fsp3) is 1.00. The molecule has 11 heavy (non-hydrogen) atoms. The van der Waals surface area contributed by atoms with E-state index in [0.717, 1.165) is 0 Å². The predicted octanol–water partition coefficient (Wildman–Crippen LogP) is 0.388. The lowest BCUT2D eigenvalue weighted by atomic mass is 10.0. The number of hydrogen-bond acceptors (Lipinski definition) is 5. The summed E-state index contributed by atoms with van der Waals surface area (Å²) in [5.41, 5.74) is 5.68. The molecule has 0 amide bonds. The minimum Gasteiger partial charge on any atom is -0.389 e. The van der Waals surface area contributed by atoms with Gasteiger partial charge in [0.15, 0.2) is 0 Å². The molecule has 0 aromatic heterocycles. The highest BCUT2D eigenvalue weighted by molar-refractivity contribution is 8.68. The van der Waals surface area contributed by atoms with Gasteiger partial charge in [-0.15, -0.1) is 11.7 Å². The highest BCUT2D eigenvalue weighted by Gasteiger charge is 2.32. The van der Waals surface area contributed by atoms with Gasteiger partial charge in [-0.05, 0) is 6.92 Å². The van der Waals surface area contributed by atoms with Gasteiger partial charge in [-0.2, -0.15) is 0 Å². The maximum absolute atomic E-state index is 9.38. The van der Waals surface area contributed by atoms with Crippen LogP contribution in [0.5, 0.6) is 0 Å². The Hall–Kier alpha value is 0.580.